The minimum atomic E-state index is -0.511. The zero-order valence-corrected chi connectivity index (χ0v) is 15.8. The first-order valence-corrected chi connectivity index (χ1v) is 10.00. The lowest BCUT2D eigenvalue weighted by atomic mass is 9.87. The van der Waals surface area contributed by atoms with E-state index in [4.69, 9.17) is 4.74 Å². The van der Waals surface area contributed by atoms with Gasteiger partial charge in [0.2, 0.25) is 0 Å². The van der Waals surface area contributed by atoms with Crippen molar-refractivity contribution in [2.45, 2.75) is 37.6 Å². The lowest BCUT2D eigenvalue weighted by Gasteiger charge is -2.44. The number of benzene rings is 1. The molecule has 0 spiro atoms. The minimum Gasteiger partial charge on any atom is -0.447 e. The second-order valence-corrected chi connectivity index (χ2v) is 8.06. The molecule has 1 N–H and O–H groups in total. The molecule has 2 saturated heterocycles. The molecule has 2 aromatic rings. The summed E-state index contributed by atoms with van der Waals surface area (Å²) >= 11 is 0. The first-order valence-electron chi connectivity index (χ1n) is 10.00. The van der Waals surface area contributed by atoms with Gasteiger partial charge in [0.25, 0.3) is 5.91 Å². The van der Waals surface area contributed by atoms with Gasteiger partial charge in [-0.1, -0.05) is 30.3 Å². The number of rotatable bonds is 3. The van der Waals surface area contributed by atoms with Crippen LogP contribution in [0.4, 0.5) is 4.79 Å². The number of fused-ring (bicyclic) bond motifs is 2. The van der Waals surface area contributed by atoms with Gasteiger partial charge in [-0.2, -0.15) is 5.10 Å². The van der Waals surface area contributed by atoms with E-state index in [1.807, 2.05) is 28.0 Å². The Morgan fingerprint density at radius 3 is 2.86 bits per heavy atom. The number of nitrogens with zero attached hydrogens (tertiary/aromatic N) is 3. The van der Waals surface area contributed by atoms with Crippen LogP contribution in [0.3, 0.4) is 0 Å². The summed E-state index contributed by atoms with van der Waals surface area (Å²) in [6.07, 6.45) is 4.50. The Labute approximate surface area is 163 Å². The van der Waals surface area contributed by atoms with Gasteiger partial charge in [0, 0.05) is 37.3 Å². The number of ether oxygens (including phenoxy) is 1. The van der Waals surface area contributed by atoms with Crippen molar-refractivity contribution in [1.82, 2.24) is 20.0 Å². The first-order chi connectivity index (χ1) is 13.7. The zero-order chi connectivity index (χ0) is 19.1. The van der Waals surface area contributed by atoms with Gasteiger partial charge in [-0.05, 0) is 31.2 Å². The molecule has 0 bridgehead atoms. The molecule has 0 saturated carbocycles. The standard InChI is InChI=1S/C21H24N4O3/c26-19(18-16-8-4-5-9-17(16)22-23-18)24-10-11-25-20(27)28-14-21(25,13-24)12-15-6-2-1-3-7-15/h1-3,6-7H,4-5,8-14H2,(H,22,23). The van der Waals surface area contributed by atoms with E-state index in [9.17, 15) is 9.59 Å². The second kappa shape index (κ2) is 6.65. The molecule has 1 unspecified atom stereocenters. The molecule has 2 amide bonds. The predicted molar refractivity (Wildman–Crippen MR) is 102 cm³/mol. The molecule has 1 atom stereocenters. The Kier molecular flexibility index (Phi) is 4.10. The molecule has 7 nitrogen and oxygen atoms in total. The summed E-state index contributed by atoms with van der Waals surface area (Å²) in [5.41, 5.74) is 3.37. The molecule has 2 aliphatic heterocycles. The normalized spacial score (nSPS) is 23.9. The SMILES string of the molecule is O=C(c1n[nH]c2c1CCCC2)N1CCN2C(=O)OCC2(Cc2ccccc2)C1. The quantitative estimate of drug-likeness (QED) is 0.885. The molecule has 3 heterocycles. The van der Waals surface area contributed by atoms with Crippen LogP contribution in [0.5, 0.6) is 0 Å². The highest BCUT2D eigenvalue weighted by atomic mass is 16.6. The summed E-state index contributed by atoms with van der Waals surface area (Å²) in [7, 11) is 0. The minimum absolute atomic E-state index is 0.0363. The van der Waals surface area contributed by atoms with Crippen LogP contribution in [0.15, 0.2) is 30.3 Å². The van der Waals surface area contributed by atoms with E-state index in [0.717, 1.165) is 42.5 Å². The number of carbonyl (C=O) groups is 2. The van der Waals surface area contributed by atoms with Crippen LogP contribution >= 0.6 is 0 Å². The molecule has 146 valence electrons. The van der Waals surface area contributed by atoms with Crippen LogP contribution in [0.2, 0.25) is 0 Å². The number of amides is 2. The van der Waals surface area contributed by atoms with Gasteiger partial charge in [0.15, 0.2) is 5.69 Å². The molecule has 5 rings (SSSR count). The molecule has 28 heavy (non-hydrogen) atoms. The van der Waals surface area contributed by atoms with Crippen molar-refractivity contribution >= 4 is 12.0 Å². The lowest BCUT2D eigenvalue weighted by molar-refractivity contribution is 0.0370. The fourth-order valence-corrected chi connectivity index (χ4v) is 4.82. The number of carbonyl (C=O) groups excluding carboxylic acids is 2. The number of cyclic esters (lactones) is 1. The summed E-state index contributed by atoms with van der Waals surface area (Å²) in [5, 5.41) is 7.41. The number of piperazine rings is 1. The second-order valence-electron chi connectivity index (χ2n) is 8.06. The maximum absolute atomic E-state index is 13.3. The van der Waals surface area contributed by atoms with Crippen molar-refractivity contribution in [2.75, 3.05) is 26.2 Å². The topological polar surface area (TPSA) is 78.5 Å². The van der Waals surface area contributed by atoms with E-state index in [2.05, 4.69) is 22.3 Å². The van der Waals surface area contributed by atoms with Crippen LogP contribution in [0.1, 0.15) is 40.2 Å². The Morgan fingerprint density at radius 1 is 1.18 bits per heavy atom. The average molecular weight is 380 g/mol. The molecule has 1 aliphatic carbocycles. The van der Waals surface area contributed by atoms with Crippen LogP contribution in [-0.4, -0.2) is 63.8 Å². The maximum atomic E-state index is 13.3. The average Bonchev–Trinajstić information content (AvgIpc) is 3.29. The van der Waals surface area contributed by atoms with E-state index in [1.54, 1.807) is 0 Å². The highest BCUT2D eigenvalue weighted by molar-refractivity contribution is 5.94. The molecule has 2 fully saturated rings. The summed E-state index contributed by atoms with van der Waals surface area (Å²) in [4.78, 5) is 29.2. The number of hydrogen-bond donors (Lipinski definition) is 1. The monoisotopic (exact) mass is 380 g/mol. The number of aromatic nitrogens is 2. The highest BCUT2D eigenvalue weighted by Gasteiger charge is 2.51. The molecule has 0 radical (unpaired) electrons. The van der Waals surface area contributed by atoms with Crippen molar-refractivity contribution in [3.8, 4) is 0 Å². The Bertz CT molecular complexity index is 910. The van der Waals surface area contributed by atoms with Crippen LogP contribution < -0.4 is 0 Å². The van der Waals surface area contributed by atoms with Gasteiger partial charge in [0.05, 0.1) is 0 Å². The molecule has 3 aliphatic rings. The molecule has 7 heteroatoms. The van der Waals surface area contributed by atoms with Crippen molar-refractivity contribution in [1.29, 1.82) is 0 Å². The van der Waals surface area contributed by atoms with Gasteiger partial charge >= 0.3 is 6.09 Å². The Morgan fingerprint density at radius 2 is 2.00 bits per heavy atom. The van der Waals surface area contributed by atoms with Crippen molar-refractivity contribution < 1.29 is 14.3 Å². The predicted octanol–water partition coefficient (Wildman–Crippen LogP) is 2.18. The van der Waals surface area contributed by atoms with E-state index in [1.165, 1.54) is 0 Å². The molecular weight excluding hydrogens is 356 g/mol. The van der Waals surface area contributed by atoms with Gasteiger partial charge in [-0.3, -0.25) is 14.8 Å². The number of nitrogens with one attached hydrogen (secondary N) is 1. The van der Waals surface area contributed by atoms with Crippen molar-refractivity contribution in [3.05, 3.63) is 52.8 Å². The Hall–Kier alpha value is -2.83. The zero-order valence-electron chi connectivity index (χ0n) is 15.8. The van der Waals surface area contributed by atoms with Gasteiger partial charge in [-0.25, -0.2) is 4.79 Å². The third kappa shape index (κ3) is 2.77. The lowest BCUT2D eigenvalue weighted by Crippen LogP contribution is -2.63. The Balaban J connectivity index is 1.42. The number of H-pyrrole nitrogens is 1. The van der Waals surface area contributed by atoms with Gasteiger partial charge < -0.3 is 9.64 Å². The maximum Gasteiger partial charge on any atom is 0.410 e. The van der Waals surface area contributed by atoms with Gasteiger partial charge in [0.1, 0.15) is 12.1 Å². The summed E-state index contributed by atoms with van der Waals surface area (Å²) in [5.74, 6) is -0.0363. The van der Waals surface area contributed by atoms with Crippen LogP contribution in [-0.2, 0) is 24.0 Å². The van der Waals surface area contributed by atoms with Crippen LogP contribution in [0, 0.1) is 0 Å². The first kappa shape index (κ1) is 17.3. The number of hydrogen-bond acceptors (Lipinski definition) is 4. The fraction of sp³-hybridized carbons (Fsp3) is 0.476. The number of aromatic amines is 1. The van der Waals surface area contributed by atoms with Crippen LogP contribution in [0.25, 0.3) is 0 Å². The molecule has 1 aromatic heterocycles. The summed E-state index contributed by atoms with van der Waals surface area (Å²) in [6.45, 7) is 1.77. The molecular formula is C21H24N4O3. The van der Waals surface area contributed by atoms with Crippen molar-refractivity contribution in [3.63, 3.8) is 0 Å². The van der Waals surface area contributed by atoms with E-state index in [-0.39, 0.29) is 12.0 Å². The summed E-state index contributed by atoms with van der Waals surface area (Å²) in [6, 6.07) is 10.1. The fourth-order valence-electron chi connectivity index (χ4n) is 4.82. The van der Waals surface area contributed by atoms with E-state index in [0.29, 0.717) is 38.4 Å². The smallest absolute Gasteiger partial charge is 0.410 e. The summed E-state index contributed by atoms with van der Waals surface area (Å²) < 4.78 is 5.41. The van der Waals surface area contributed by atoms with Gasteiger partial charge in [-0.15, -0.1) is 0 Å². The third-order valence-corrected chi connectivity index (χ3v) is 6.26. The van der Waals surface area contributed by atoms with Crippen molar-refractivity contribution in [2.24, 2.45) is 0 Å². The van der Waals surface area contributed by atoms with E-state index < -0.39 is 5.54 Å². The molecule has 1 aromatic carbocycles. The highest BCUT2D eigenvalue weighted by Crippen LogP contribution is 2.33. The van der Waals surface area contributed by atoms with E-state index >= 15 is 0 Å². The third-order valence-electron chi connectivity index (χ3n) is 6.26. The number of aryl methyl sites for hydroxylation is 1. The largest absolute Gasteiger partial charge is 0.447 e.